The molecular weight excluding hydrogens is 246 g/mol. The number of aromatic amines is 2. The van der Waals surface area contributed by atoms with Crippen molar-refractivity contribution >= 4 is 5.91 Å². The largest absolute Gasteiger partial charge is 0.393 e. The fourth-order valence-electron chi connectivity index (χ4n) is 2.61. The van der Waals surface area contributed by atoms with Crippen molar-refractivity contribution in [2.75, 3.05) is 0 Å². The first kappa shape index (κ1) is 13.9. The molecule has 2 rings (SSSR count). The highest BCUT2D eigenvalue weighted by Gasteiger charge is 2.33. The van der Waals surface area contributed by atoms with E-state index in [0.717, 1.165) is 19.3 Å². The number of amides is 1. The second-order valence-electron chi connectivity index (χ2n) is 5.33. The first-order valence-electron chi connectivity index (χ1n) is 6.74. The first-order chi connectivity index (χ1) is 9.01. The van der Waals surface area contributed by atoms with Crippen LogP contribution in [0.15, 0.2) is 4.79 Å². The van der Waals surface area contributed by atoms with Crippen LogP contribution in [0.4, 0.5) is 0 Å². The molecule has 4 N–H and O–H groups in total. The van der Waals surface area contributed by atoms with Crippen LogP contribution in [-0.4, -0.2) is 33.4 Å². The Balaban J connectivity index is 1.91. The summed E-state index contributed by atoms with van der Waals surface area (Å²) in [7, 11) is 0. The summed E-state index contributed by atoms with van der Waals surface area (Å²) in [5.41, 5.74) is 0.952. The summed E-state index contributed by atoms with van der Waals surface area (Å²) in [6.07, 6.45) is 2.22. The van der Waals surface area contributed by atoms with Crippen LogP contribution in [0.2, 0.25) is 0 Å². The van der Waals surface area contributed by atoms with Crippen LogP contribution < -0.4 is 10.9 Å². The van der Waals surface area contributed by atoms with Gasteiger partial charge in [0.05, 0.1) is 12.5 Å². The molecule has 0 spiro atoms. The van der Waals surface area contributed by atoms with Gasteiger partial charge in [0.15, 0.2) is 0 Å². The van der Waals surface area contributed by atoms with Crippen LogP contribution in [0.5, 0.6) is 0 Å². The smallest absolute Gasteiger partial charge is 0.267 e. The Hall–Kier alpha value is -1.56. The maximum absolute atomic E-state index is 12.0. The minimum absolute atomic E-state index is 0.0919. The number of nitrogens with one attached hydrogen (secondary N) is 3. The van der Waals surface area contributed by atoms with Gasteiger partial charge in [0.1, 0.15) is 0 Å². The number of aryl methyl sites for hydroxylation is 1. The van der Waals surface area contributed by atoms with E-state index in [1.807, 2.05) is 6.92 Å². The van der Waals surface area contributed by atoms with E-state index in [1.165, 1.54) is 0 Å². The molecule has 1 heterocycles. The van der Waals surface area contributed by atoms with Gasteiger partial charge in [0.25, 0.3) is 5.56 Å². The number of aliphatic hydroxyl groups excluding tert-OH is 1. The Kier molecular flexibility index (Phi) is 4.09. The van der Waals surface area contributed by atoms with Crippen LogP contribution >= 0.6 is 0 Å². The number of rotatable bonds is 5. The summed E-state index contributed by atoms with van der Waals surface area (Å²) >= 11 is 0. The Labute approximate surface area is 111 Å². The lowest BCUT2D eigenvalue weighted by molar-refractivity contribution is -0.122. The molecule has 0 bridgehead atoms. The van der Waals surface area contributed by atoms with Gasteiger partial charge in [-0.1, -0.05) is 6.92 Å². The van der Waals surface area contributed by atoms with Crippen molar-refractivity contribution in [1.29, 1.82) is 0 Å². The lowest BCUT2D eigenvalue weighted by Crippen LogP contribution is -2.47. The number of hydrogen-bond donors (Lipinski definition) is 4. The van der Waals surface area contributed by atoms with Crippen molar-refractivity contribution < 1.29 is 9.90 Å². The second kappa shape index (κ2) is 5.61. The topological polar surface area (TPSA) is 98.0 Å². The fourth-order valence-corrected chi connectivity index (χ4v) is 2.61. The quantitative estimate of drug-likeness (QED) is 0.614. The number of H-pyrrole nitrogens is 2. The van der Waals surface area contributed by atoms with Crippen LogP contribution in [0.1, 0.15) is 37.4 Å². The summed E-state index contributed by atoms with van der Waals surface area (Å²) in [5.74, 6) is 0.219. The summed E-state index contributed by atoms with van der Waals surface area (Å²) < 4.78 is 0. The van der Waals surface area contributed by atoms with Crippen molar-refractivity contribution in [3.05, 3.63) is 21.6 Å². The number of hydrogen-bond acceptors (Lipinski definition) is 3. The molecule has 1 aliphatic carbocycles. The van der Waals surface area contributed by atoms with Crippen molar-refractivity contribution in [2.45, 2.75) is 51.7 Å². The number of carbonyl (C=O) groups excluding carboxylic acids is 1. The highest BCUT2D eigenvalue weighted by Crippen LogP contribution is 2.31. The Bertz CT molecular complexity index is 499. The molecule has 1 amide bonds. The maximum atomic E-state index is 12.0. The van der Waals surface area contributed by atoms with Gasteiger partial charge in [-0.05, 0) is 32.1 Å². The van der Waals surface area contributed by atoms with Gasteiger partial charge in [0, 0.05) is 17.3 Å². The molecular formula is C13H21N3O3. The average Bonchev–Trinajstić information content (AvgIpc) is 2.64. The Morgan fingerprint density at radius 3 is 2.63 bits per heavy atom. The molecule has 6 nitrogen and oxygen atoms in total. The molecule has 1 fully saturated rings. The second-order valence-corrected chi connectivity index (χ2v) is 5.33. The first-order valence-corrected chi connectivity index (χ1v) is 6.74. The van der Waals surface area contributed by atoms with E-state index >= 15 is 0 Å². The minimum atomic E-state index is -0.236. The minimum Gasteiger partial charge on any atom is -0.393 e. The predicted molar refractivity (Wildman–Crippen MR) is 70.8 cm³/mol. The third-order valence-electron chi connectivity index (χ3n) is 3.93. The molecule has 0 unspecified atom stereocenters. The van der Waals surface area contributed by atoms with E-state index in [0.29, 0.717) is 17.2 Å². The van der Waals surface area contributed by atoms with Gasteiger partial charge in [-0.15, -0.1) is 0 Å². The van der Waals surface area contributed by atoms with Crippen molar-refractivity contribution in [1.82, 2.24) is 15.5 Å². The fraction of sp³-hybridized carbons (Fsp3) is 0.692. The van der Waals surface area contributed by atoms with Gasteiger partial charge in [-0.3, -0.25) is 14.7 Å². The number of aliphatic hydroxyl groups is 1. The molecule has 1 saturated carbocycles. The third kappa shape index (κ3) is 3.07. The zero-order valence-electron chi connectivity index (χ0n) is 11.3. The highest BCUT2D eigenvalue weighted by atomic mass is 16.3. The molecule has 1 aliphatic rings. The van der Waals surface area contributed by atoms with E-state index in [-0.39, 0.29) is 30.0 Å². The van der Waals surface area contributed by atoms with Gasteiger partial charge < -0.3 is 15.5 Å². The third-order valence-corrected chi connectivity index (χ3v) is 3.93. The molecule has 106 valence electrons. The molecule has 1 atom stereocenters. The van der Waals surface area contributed by atoms with Crippen LogP contribution in [0.25, 0.3) is 0 Å². The monoisotopic (exact) mass is 267 g/mol. The lowest BCUT2D eigenvalue weighted by atomic mass is 9.76. The van der Waals surface area contributed by atoms with E-state index in [9.17, 15) is 14.7 Å². The van der Waals surface area contributed by atoms with Crippen molar-refractivity contribution in [2.24, 2.45) is 5.92 Å². The SMILES string of the molecule is CC[C@@H](NC(=O)Cc1c(C)[nH][nH]c1=O)C1CC(O)C1. The molecule has 0 aliphatic heterocycles. The average molecular weight is 267 g/mol. The normalized spacial score (nSPS) is 23.7. The Morgan fingerprint density at radius 2 is 2.16 bits per heavy atom. The predicted octanol–water partition coefficient (Wildman–Crippen LogP) is 0.220. The summed E-state index contributed by atoms with van der Waals surface area (Å²) in [6, 6.07) is 0.0919. The van der Waals surface area contributed by atoms with Gasteiger partial charge >= 0.3 is 0 Å². The van der Waals surface area contributed by atoms with Gasteiger partial charge in [0.2, 0.25) is 5.91 Å². The molecule has 1 aromatic heterocycles. The van der Waals surface area contributed by atoms with E-state index in [1.54, 1.807) is 6.92 Å². The lowest BCUT2D eigenvalue weighted by Gasteiger charge is -2.37. The number of aromatic nitrogens is 2. The van der Waals surface area contributed by atoms with E-state index in [4.69, 9.17) is 0 Å². The van der Waals surface area contributed by atoms with Gasteiger partial charge in [-0.25, -0.2) is 0 Å². The molecule has 0 aromatic carbocycles. The summed E-state index contributed by atoms with van der Waals surface area (Å²) in [4.78, 5) is 23.4. The zero-order chi connectivity index (χ0) is 14.0. The van der Waals surface area contributed by atoms with Crippen LogP contribution in [-0.2, 0) is 11.2 Å². The van der Waals surface area contributed by atoms with Gasteiger partial charge in [-0.2, -0.15) is 0 Å². The molecule has 0 saturated heterocycles. The van der Waals surface area contributed by atoms with Crippen molar-refractivity contribution in [3.8, 4) is 0 Å². The standard InChI is InChI=1S/C13H21N3O3/c1-3-11(8-4-9(17)5-8)14-12(18)6-10-7(2)15-16-13(10)19/h8-9,11,17H,3-6H2,1-2H3,(H,14,18)(H2,15,16,19)/t8?,9?,11-/m1/s1. The molecule has 1 aromatic rings. The summed E-state index contributed by atoms with van der Waals surface area (Å²) in [6.45, 7) is 3.78. The molecule has 0 radical (unpaired) electrons. The maximum Gasteiger partial charge on any atom is 0.267 e. The Morgan fingerprint density at radius 1 is 1.47 bits per heavy atom. The zero-order valence-corrected chi connectivity index (χ0v) is 11.3. The van der Waals surface area contributed by atoms with Crippen molar-refractivity contribution in [3.63, 3.8) is 0 Å². The van der Waals surface area contributed by atoms with E-state index < -0.39 is 0 Å². The molecule has 6 heteroatoms. The highest BCUT2D eigenvalue weighted by molar-refractivity contribution is 5.79. The molecule has 19 heavy (non-hydrogen) atoms. The van der Waals surface area contributed by atoms with Crippen LogP contribution in [0.3, 0.4) is 0 Å². The summed E-state index contributed by atoms with van der Waals surface area (Å²) in [5, 5.41) is 17.5. The van der Waals surface area contributed by atoms with Crippen LogP contribution in [0, 0.1) is 12.8 Å². The number of carbonyl (C=O) groups is 1. The van der Waals surface area contributed by atoms with E-state index in [2.05, 4.69) is 15.5 Å².